The Labute approximate surface area is 160 Å². The zero-order valence-electron chi connectivity index (χ0n) is 15.9. The van der Waals surface area contributed by atoms with Crippen LogP contribution in [0, 0.1) is 18.3 Å². The van der Waals surface area contributed by atoms with Crippen molar-refractivity contribution in [1.29, 1.82) is 0 Å². The summed E-state index contributed by atoms with van der Waals surface area (Å²) in [6.07, 6.45) is 6.00. The standard InChI is InChI=1S/C19H30N2O2S2/c1-6-19(3,4)13-7-9-14(10-8-13)20-18(24)21-16-15(17(22)23-5)11-12(2)25-16/h11,13-14H,6-10H2,1-5H3,(H2,20,21,24). The number of thiocarbonyl (C=S) groups is 1. The molecule has 1 fully saturated rings. The van der Waals surface area contributed by atoms with E-state index in [4.69, 9.17) is 17.0 Å². The molecule has 0 atom stereocenters. The molecule has 1 aliphatic carbocycles. The number of hydrogen-bond acceptors (Lipinski definition) is 4. The van der Waals surface area contributed by atoms with Gasteiger partial charge in [-0.05, 0) is 62.2 Å². The summed E-state index contributed by atoms with van der Waals surface area (Å²) in [5.74, 6) is 0.458. The fourth-order valence-electron chi connectivity index (χ4n) is 3.50. The predicted molar refractivity (Wildman–Crippen MR) is 110 cm³/mol. The minimum atomic E-state index is -0.336. The van der Waals surface area contributed by atoms with E-state index >= 15 is 0 Å². The SMILES string of the molecule is CCC(C)(C)C1CCC(NC(=S)Nc2sc(C)cc2C(=O)OC)CC1. The fraction of sp³-hybridized carbons (Fsp3) is 0.684. The van der Waals surface area contributed by atoms with E-state index in [9.17, 15) is 4.79 Å². The number of methoxy groups -OCH3 is 1. The van der Waals surface area contributed by atoms with Crippen molar-refractivity contribution in [2.75, 3.05) is 12.4 Å². The first kappa shape index (κ1) is 20.2. The van der Waals surface area contributed by atoms with Crippen LogP contribution in [0.25, 0.3) is 0 Å². The van der Waals surface area contributed by atoms with Gasteiger partial charge in [-0.1, -0.05) is 27.2 Å². The highest BCUT2D eigenvalue weighted by Crippen LogP contribution is 2.40. The maximum atomic E-state index is 11.9. The first-order chi connectivity index (χ1) is 11.8. The van der Waals surface area contributed by atoms with Crippen LogP contribution in [0.3, 0.4) is 0 Å². The molecule has 1 saturated carbocycles. The number of ether oxygens (including phenoxy) is 1. The van der Waals surface area contributed by atoms with Crippen LogP contribution in [0.1, 0.15) is 68.1 Å². The van der Waals surface area contributed by atoms with Gasteiger partial charge in [0.05, 0.1) is 12.7 Å². The summed E-state index contributed by atoms with van der Waals surface area (Å²) in [6.45, 7) is 9.01. The van der Waals surface area contributed by atoms with Crippen LogP contribution < -0.4 is 10.6 Å². The molecule has 6 heteroatoms. The van der Waals surface area contributed by atoms with Gasteiger partial charge >= 0.3 is 5.97 Å². The number of hydrogen-bond donors (Lipinski definition) is 2. The van der Waals surface area contributed by atoms with Crippen molar-refractivity contribution in [3.05, 3.63) is 16.5 Å². The molecule has 0 amide bonds. The number of esters is 1. The van der Waals surface area contributed by atoms with Crippen molar-refractivity contribution in [1.82, 2.24) is 5.32 Å². The third kappa shape index (κ3) is 5.17. The fourth-order valence-corrected chi connectivity index (χ4v) is 4.74. The van der Waals surface area contributed by atoms with Crippen LogP contribution in [-0.4, -0.2) is 24.2 Å². The van der Waals surface area contributed by atoms with E-state index in [1.54, 1.807) is 0 Å². The Morgan fingerprint density at radius 1 is 1.36 bits per heavy atom. The van der Waals surface area contributed by atoms with Crippen molar-refractivity contribution >= 4 is 39.6 Å². The molecule has 1 heterocycles. The Morgan fingerprint density at radius 3 is 2.56 bits per heavy atom. The molecule has 140 valence electrons. The van der Waals surface area contributed by atoms with Crippen molar-refractivity contribution in [3.8, 4) is 0 Å². The Hall–Kier alpha value is -1.14. The number of nitrogens with one attached hydrogen (secondary N) is 2. The molecule has 2 rings (SSSR count). The maximum Gasteiger partial charge on any atom is 0.340 e. The van der Waals surface area contributed by atoms with Gasteiger partial charge in [-0.25, -0.2) is 4.79 Å². The average Bonchev–Trinajstić information content (AvgIpc) is 2.94. The summed E-state index contributed by atoms with van der Waals surface area (Å²) in [5, 5.41) is 7.95. The van der Waals surface area contributed by atoms with Crippen LogP contribution in [0.15, 0.2) is 6.07 Å². The third-order valence-corrected chi connectivity index (χ3v) is 6.75. The Bertz CT molecular complexity index is 617. The highest BCUT2D eigenvalue weighted by atomic mass is 32.1. The largest absolute Gasteiger partial charge is 0.465 e. The van der Waals surface area contributed by atoms with E-state index in [0.29, 0.717) is 22.1 Å². The second kappa shape index (κ2) is 8.49. The molecule has 1 aliphatic rings. The molecule has 1 aromatic rings. The summed E-state index contributed by atoms with van der Waals surface area (Å²) in [4.78, 5) is 12.9. The van der Waals surface area contributed by atoms with Gasteiger partial charge in [0.1, 0.15) is 5.00 Å². The molecule has 1 aromatic heterocycles. The molecular formula is C19H30N2O2S2. The monoisotopic (exact) mass is 382 g/mol. The summed E-state index contributed by atoms with van der Waals surface area (Å²) in [7, 11) is 1.39. The smallest absolute Gasteiger partial charge is 0.340 e. The average molecular weight is 383 g/mol. The number of rotatable bonds is 5. The lowest BCUT2D eigenvalue weighted by molar-refractivity contribution is 0.0602. The van der Waals surface area contributed by atoms with Gasteiger partial charge in [0.15, 0.2) is 5.11 Å². The van der Waals surface area contributed by atoms with Gasteiger partial charge in [0.25, 0.3) is 0 Å². The van der Waals surface area contributed by atoms with Crippen LogP contribution in [0.2, 0.25) is 0 Å². The first-order valence-corrected chi connectivity index (χ1v) is 10.3. The van der Waals surface area contributed by atoms with E-state index in [2.05, 4.69) is 31.4 Å². The van der Waals surface area contributed by atoms with Crippen LogP contribution in [0.4, 0.5) is 5.00 Å². The van der Waals surface area contributed by atoms with Gasteiger partial charge in [0.2, 0.25) is 0 Å². The third-order valence-electron chi connectivity index (χ3n) is 5.57. The summed E-state index contributed by atoms with van der Waals surface area (Å²) >= 11 is 6.98. The zero-order chi connectivity index (χ0) is 18.6. The molecule has 0 aliphatic heterocycles. The van der Waals surface area contributed by atoms with E-state index < -0.39 is 0 Å². The molecule has 4 nitrogen and oxygen atoms in total. The summed E-state index contributed by atoms with van der Waals surface area (Å²) < 4.78 is 4.84. The van der Waals surface area contributed by atoms with E-state index in [0.717, 1.165) is 28.6 Å². The zero-order valence-corrected chi connectivity index (χ0v) is 17.5. The van der Waals surface area contributed by atoms with Crippen molar-refractivity contribution in [3.63, 3.8) is 0 Å². The molecule has 0 bridgehead atoms. The maximum absolute atomic E-state index is 11.9. The molecule has 0 aromatic carbocycles. The minimum Gasteiger partial charge on any atom is -0.465 e. The number of carbonyl (C=O) groups excluding carboxylic acids is 1. The molecule has 0 spiro atoms. The number of anilines is 1. The van der Waals surface area contributed by atoms with Crippen molar-refractivity contribution < 1.29 is 9.53 Å². The molecule has 0 radical (unpaired) electrons. The quantitative estimate of drug-likeness (QED) is 0.546. The molecule has 25 heavy (non-hydrogen) atoms. The Morgan fingerprint density at radius 2 is 2.00 bits per heavy atom. The van der Waals surface area contributed by atoms with Gasteiger partial charge in [-0.2, -0.15) is 0 Å². The topological polar surface area (TPSA) is 50.4 Å². The number of carbonyl (C=O) groups is 1. The Kier molecular flexibility index (Phi) is 6.86. The van der Waals surface area contributed by atoms with Crippen molar-refractivity contribution in [2.45, 2.75) is 65.8 Å². The highest BCUT2D eigenvalue weighted by Gasteiger charge is 2.32. The predicted octanol–water partition coefficient (Wildman–Crippen LogP) is 5.12. The van der Waals surface area contributed by atoms with Gasteiger partial charge < -0.3 is 15.4 Å². The van der Waals surface area contributed by atoms with Gasteiger partial charge in [-0.3, -0.25) is 0 Å². The van der Waals surface area contributed by atoms with Crippen LogP contribution in [-0.2, 0) is 4.74 Å². The van der Waals surface area contributed by atoms with E-state index in [-0.39, 0.29) is 5.97 Å². The number of aryl methyl sites for hydroxylation is 1. The van der Waals surface area contributed by atoms with Gasteiger partial charge in [0, 0.05) is 10.9 Å². The Balaban J connectivity index is 1.89. The molecule has 0 saturated heterocycles. The second-order valence-electron chi connectivity index (χ2n) is 7.58. The highest BCUT2D eigenvalue weighted by molar-refractivity contribution is 7.80. The lowest BCUT2D eigenvalue weighted by Gasteiger charge is -2.39. The molecule has 2 N–H and O–H groups in total. The summed E-state index contributed by atoms with van der Waals surface area (Å²) in [5.41, 5.74) is 0.968. The van der Waals surface area contributed by atoms with E-state index in [1.807, 2.05) is 13.0 Å². The lowest BCUT2D eigenvalue weighted by atomic mass is 9.69. The van der Waals surface area contributed by atoms with Crippen LogP contribution in [0.5, 0.6) is 0 Å². The normalized spacial score (nSPS) is 20.8. The first-order valence-electron chi connectivity index (χ1n) is 9.03. The second-order valence-corrected chi connectivity index (χ2v) is 9.25. The molecular weight excluding hydrogens is 352 g/mol. The minimum absolute atomic E-state index is 0.336. The van der Waals surface area contributed by atoms with Crippen molar-refractivity contribution in [2.24, 2.45) is 11.3 Å². The van der Waals surface area contributed by atoms with E-state index in [1.165, 1.54) is 37.7 Å². The number of thiophene rings is 1. The van der Waals surface area contributed by atoms with Gasteiger partial charge in [-0.15, -0.1) is 11.3 Å². The lowest BCUT2D eigenvalue weighted by Crippen LogP contribution is -2.41. The van der Waals surface area contributed by atoms with Crippen LogP contribution >= 0.6 is 23.6 Å². The molecule has 0 unspecified atom stereocenters. The summed E-state index contributed by atoms with van der Waals surface area (Å²) in [6, 6.07) is 2.24.